The molecule has 0 aromatic carbocycles. The second kappa shape index (κ2) is 4.51. The van der Waals surface area contributed by atoms with E-state index in [1.807, 2.05) is 12.1 Å². The summed E-state index contributed by atoms with van der Waals surface area (Å²) in [6, 6.07) is 3.67. The van der Waals surface area contributed by atoms with Gasteiger partial charge in [-0.3, -0.25) is 4.98 Å². The summed E-state index contributed by atoms with van der Waals surface area (Å²) in [6.07, 6.45) is 4.92. The maximum absolute atomic E-state index is 11.3. The van der Waals surface area contributed by atoms with Crippen LogP contribution in [0.3, 0.4) is 0 Å². The van der Waals surface area contributed by atoms with Crippen molar-refractivity contribution < 1.29 is 8.42 Å². The zero-order chi connectivity index (χ0) is 11.6. The van der Waals surface area contributed by atoms with Crippen LogP contribution < -0.4 is 5.73 Å². The Hall–Kier alpha value is -0.940. The van der Waals surface area contributed by atoms with E-state index < -0.39 is 9.84 Å². The van der Waals surface area contributed by atoms with Crippen molar-refractivity contribution in [1.82, 2.24) is 4.98 Å². The quantitative estimate of drug-likeness (QED) is 0.852. The molecular formula is C11H16N2O2S. The highest BCUT2D eigenvalue weighted by Crippen LogP contribution is 2.27. The van der Waals surface area contributed by atoms with Crippen LogP contribution in [-0.2, 0) is 9.84 Å². The summed E-state index contributed by atoms with van der Waals surface area (Å²) in [7, 11) is -2.79. The number of rotatable bonds is 3. The van der Waals surface area contributed by atoms with Crippen LogP contribution in [0.2, 0.25) is 0 Å². The molecule has 2 N–H and O–H groups in total. The Morgan fingerprint density at radius 3 is 2.94 bits per heavy atom. The van der Waals surface area contributed by atoms with Crippen molar-refractivity contribution in [3.63, 3.8) is 0 Å². The molecule has 2 rings (SSSR count). The molecule has 16 heavy (non-hydrogen) atoms. The number of sulfone groups is 1. The summed E-state index contributed by atoms with van der Waals surface area (Å²) in [5.41, 5.74) is 7.01. The Labute approximate surface area is 95.8 Å². The second-order valence-electron chi connectivity index (χ2n) is 4.40. The van der Waals surface area contributed by atoms with Crippen LogP contribution >= 0.6 is 0 Å². The molecule has 1 aliphatic rings. The molecule has 2 heterocycles. The molecule has 1 saturated heterocycles. The Bertz CT molecular complexity index is 444. The van der Waals surface area contributed by atoms with Crippen LogP contribution in [0.1, 0.15) is 24.4 Å². The van der Waals surface area contributed by atoms with Gasteiger partial charge in [-0.1, -0.05) is 6.07 Å². The highest BCUT2D eigenvalue weighted by Gasteiger charge is 2.29. The lowest BCUT2D eigenvalue weighted by Gasteiger charge is -2.15. The van der Waals surface area contributed by atoms with E-state index in [2.05, 4.69) is 4.98 Å². The van der Waals surface area contributed by atoms with E-state index >= 15 is 0 Å². The molecule has 1 aromatic rings. The summed E-state index contributed by atoms with van der Waals surface area (Å²) < 4.78 is 22.6. The fourth-order valence-electron chi connectivity index (χ4n) is 2.15. The third kappa shape index (κ3) is 2.80. The molecule has 1 fully saturated rings. The normalized spacial score (nSPS) is 25.4. The van der Waals surface area contributed by atoms with Gasteiger partial charge in [0.1, 0.15) is 0 Å². The largest absolute Gasteiger partial charge is 0.324 e. The maximum atomic E-state index is 11.3. The molecule has 0 amide bonds. The fraction of sp³-hybridized carbons (Fsp3) is 0.545. The van der Waals surface area contributed by atoms with Gasteiger partial charge in [0.05, 0.1) is 11.5 Å². The number of hydrogen-bond acceptors (Lipinski definition) is 4. The fourth-order valence-corrected chi connectivity index (χ4v) is 4.03. The van der Waals surface area contributed by atoms with Crippen molar-refractivity contribution in [3.05, 3.63) is 30.1 Å². The van der Waals surface area contributed by atoms with Crippen LogP contribution in [0.5, 0.6) is 0 Å². The lowest BCUT2D eigenvalue weighted by atomic mass is 9.96. The van der Waals surface area contributed by atoms with Gasteiger partial charge in [0.25, 0.3) is 0 Å². The Kier molecular flexibility index (Phi) is 3.25. The number of hydrogen-bond donors (Lipinski definition) is 1. The number of aromatic nitrogens is 1. The van der Waals surface area contributed by atoms with E-state index in [-0.39, 0.29) is 12.0 Å². The second-order valence-corrected chi connectivity index (χ2v) is 6.63. The molecule has 1 aliphatic heterocycles. The number of nitrogens with zero attached hydrogens (tertiary/aromatic N) is 1. The first-order valence-electron chi connectivity index (χ1n) is 5.43. The molecule has 0 bridgehead atoms. The van der Waals surface area contributed by atoms with Crippen LogP contribution in [0, 0.1) is 5.92 Å². The Balaban J connectivity index is 1.96. The predicted molar refractivity (Wildman–Crippen MR) is 62.5 cm³/mol. The molecular weight excluding hydrogens is 224 g/mol. The van der Waals surface area contributed by atoms with Crippen molar-refractivity contribution >= 4 is 9.84 Å². The number of nitrogens with two attached hydrogens (primary N) is 1. The van der Waals surface area contributed by atoms with E-state index in [0.29, 0.717) is 11.5 Å². The number of pyridine rings is 1. The summed E-state index contributed by atoms with van der Waals surface area (Å²) >= 11 is 0. The van der Waals surface area contributed by atoms with Gasteiger partial charge in [-0.2, -0.15) is 0 Å². The van der Waals surface area contributed by atoms with Gasteiger partial charge < -0.3 is 5.73 Å². The summed E-state index contributed by atoms with van der Waals surface area (Å²) in [4.78, 5) is 4.01. The van der Waals surface area contributed by atoms with E-state index in [4.69, 9.17) is 5.73 Å². The van der Waals surface area contributed by atoms with Crippen molar-refractivity contribution in [2.45, 2.75) is 18.9 Å². The van der Waals surface area contributed by atoms with Gasteiger partial charge >= 0.3 is 0 Å². The third-order valence-electron chi connectivity index (χ3n) is 3.03. The summed E-state index contributed by atoms with van der Waals surface area (Å²) in [5.74, 6) is 0.818. The lowest BCUT2D eigenvalue weighted by Crippen LogP contribution is -2.16. The summed E-state index contributed by atoms with van der Waals surface area (Å²) in [5, 5.41) is 0. The van der Waals surface area contributed by atoms with Crippen molar-refractivity contribution in [3.8, 4) is 0 Å². The van der Waals surface area contributed by atoms with E-state index in [0.717, 1.165) is 18.4 Å². The van der Waals surface area contributed by atoms with Gasteiger partial charge in [0, 0.05) is 18.4 Å². The van der Waals surface area contributed by atoms with Gasteiger partial charge in [0.2, 0.25) is 0 Å². The van der Waals surface area contributed by atoms with Crippen molar-refractivity contribution in [2.24, 2.45) is 11.7 Å². The average Bonchev–Trinajstić information content (AvgIpc) is 2.59. The summed E-state index contributed by atoms with van der Waals surface area (Å²) in [6.45, 7) is 0. The molecule has 0 radical (unpaired) electrons. The highest BCUT2D eigenvalue weighted by molar-refractivity contribution is 7.91. The van der Waals surface area contributed by atoms with Crippen LogP contribution in [0.25, 0.3) is 0 Å². The standard InChI is InChI=1S/C11H16N2O2S/c12-11(10-2-1-4-13-7-10)6-9-3-5-16(14,15)8-9/h1-2,4,7,9,11H,3,5-6,8,12H2. The molecule has 88 valence electrons. The minimum atomic E-state index is -2.79. The highest BCUT2D eigenvalue weighted by atomic mass is 32.2. The maximum Gasteiger partial charge on any atom is 0.150 e. The van der Waals surface area contributed by atoms with Crippen molar-refractivity contribution in [2.75, 3.05) is 11.5 Å². The Morgan fingerprint density at radius 1 is 1.56 bits per heavy atom. The van der Waals surface area contributed by atoms with Gasteiger partial charge in [0.15, 0.2) is 9.84 Å². The first kappa shape index (κ1) is 11.5. The first-order valence-corrected chi connectivity index (χ1v) is 7.25. The van der Waals surface area contributed by atoms with Crippen LogP contribution in [-0.4, -0.2) is 24.9 Å². The predicted octanol–water partition coefficient (Wildman–Crippen LogP) is 0.906. The SMILES string of the molecule is NC(CC1CCS(=O)(=O)C1)c1cccnc1. The minimum absolute atomic E-state index is 0.105. The molecule has 0 spiro atoms. The van der Waals surface area contributed by atoms with Crippen LogP contribution in [0.15, 0.2) is 24.5 Å². The lowest BCUT2D eigenvalue weighted by molar-refractivity contribution is 0.481. The molecule has 0 aliphatic carbocycles. The third-order valence-corrected chi connectivity index (χ3v) is 4.86. The topological polar surface area (TPSA) is 73.1 Å². The van der Waals surface area contributed by atoms with E-state index in [1.54, 1.807) is 12.4 Å². The molecule has 4 nitrogen and oxygen atoms in total. The zero-order valence-electron chi connectivity index (χ0n) is 9.04. The average molecular weight is 240 g/mol. The van der Waals surface area contributed by atoms with Gasteiger partial charge in [-0.15, -0.1) is 0 Å². The molecule has 1 aromatic heterocycles. The minimum Gasteiger partial charge on any atom is -0.324 e. The van der Waals surface area contributed by atoms with Gasteiger partial charge in [-0.25, -0.2) is 8.42 Å². The monoisotopic (exact) mass is 240 g/mol. The molecule has 0 saturated carbocycles. The molecule has 2 atom stereocenters. The van der Waals surface area contributed by atoms with E-state index in [1.165, 1.54) is 0 Å². The molecule has 5 heteroatoms. The zero-order valence-corrected chi connectivity index (χ0v) is 9.86. The van der Waals surface area contributed by atoms with Crippen LogP contribution in [0.4, 0.5) is 0 Å². The van der Waals surface area contributed by atoms with Gasteiger partial charge in [-0.05, 0) is 30.4 Å². The van der Waals surface area contributed by atoms with Crippen molar-refractivity contribution in [1.29, 1.82) is 0 Å². The smallest absolute Gasteiger partial charge is 0.150 e. The van der Waals surface area contributed by atoms with E-state index in [9.17, 15) is 8.42 Å². The first-order chi connectivity index (χ1) is 7.57. The molecule has 2 unspecified atom stereocenters. The Morgan fingerprint density at radius 2 is 2.38 bits per heavy atom.